The van der Waals surface area contributed by atoms with Crippen LogP contribution in [0.25, 0.3) is 0 Å². The van der Waals surface area contributed by atoms with Crippen molar-refractivity contribution >= 4 is 5.91 Å². The SMILES string of the molecule is Cc1cnn(C2CN(CC(=O)NCc3ccco3)C2)c1. The van der Waals surface area contributed by atoms with Gasteiger partial charge in [-0.15, -0.1) is 0 Å². The zero-order chi connectivity index (χ0) is 13.9. The molecule has 6 heteroatoms. The number of nitrogens with one attached hydrogen (secondary N) is 1. The van der Waals surface area contributed by atoms with Crippen molar-refractivity contribution in [3.8, 4) is 0 Å². The summed E-state index contributed by atoms with van der Waals surface area (Å²) in [5.74, 6) is 0.795. The van der Waals surface area contributed by atoms with E-state index in [0.29, 0.717) is 19.1 Å². The molecule has 0 atom stereocenters. The molecule has 6 nitrogen and oxygen atoms in total. The highest BCUT2D eigenvalue weighted by atomic mass is 16.3. The first kappa shape index (κ1) is 12.9. The fourth-order valence-electron chi connectivity index (χ4n) is 2.33. The molecule has 0 radical (unpaired) electrons. The Hall–Kier alpha value is -2.08. The van der Waals surface area contributed by atoms with Gasteiger partial charge >= 0.3 is 0 Å². The van der Waals surface area contributed by atoms with E-state index in [0.717, 1.165) is 18.8 Å². The first-order valence-corrected chi connectivity index (χ1v) is 6.73. The topological polar surface area (TPSA) is 63.3 Å². The van der Waals surface area contributed by atoms with Crippen molar-refractivity contribution in [2.75, 3.05) is 19.6 Å². The first-order chi connectivity index (χ1) is 9.70. The lowest BCUT2D eigenvalue weighted by Gasteiger charge is -2.38. The van der Waals surface area contributed by atoms with Gasteiger partial charge < -0.3 is 9.73 Å². The molecule has 106 valence electrons. The molecule has 0 spiro atoms. The van der Waals surface area contributed by atoms with Gasteiger partial charge in [0.1, 0.15) is 5.76 Å². The van der Waals surface area contributed by atoms with E-state index in [1.807, 2.05) is 36.1 Å². The maximum Gasteiger partial charge on any atom is 0.234 e. The van der Waals surface area contributed by atoms with Crippen LogP contribution >= 0.6 is 0 Å². The zero-order valence-corrected chi connectivity index (χ0v) is 11.5. The van der Waals surface area contributed by atoms with Crippen LogP contribution in [0.3, 0.4) is 0 Å². The molecule has 1 aliphatic rings. The van der Waals surface area contributed by atoms with Crippen LogP contribution in [0.2, 0.25) is 0 Å². The van der Waals surface area contributed by atoms with E-state index in [1.165, 1.54) is 5.56 Å². The van der Waals surface area contributed by atoms with Crippen molar-refractivity contribution < 1.29 is 9.21 Å². The Balaban J connectivity index is 1.39. The molecule has 3 heterocycles. The van der Waals surface area contributed by atoms with Crippen molar-refractivity contribution in [1.29, 1.82) is 0 Å². The summed E-state index contributed by atoms with van der Waals surface area (Å²) in [4.78, 5) is 13.9. The Kier molecular flexibility index (Phi) is 3.56. The molecule has 1 amide bonds. The Morgan fingerprint density at radius 1 is 1.55 bits per heavy atom. The van der Waals surface area contributed by atoms with Crippen LogP contribution in [-0.4, -0.2) is 40.2 Å². The van der Waals surface area contributed by atoms with E-state index in [4.69, 9.17) is 4.42 Å². The molecule has 0 aliphatic carbocycles. The summed E-state index contributed by atoms with van der Waals surface area (Å²) in [6.07, 6.45) is 5.51. The highest BCUT2D eigenvalue weighted by molar-refractivity contribution is 5.78. The second-order valence-electron chi connectivity index (χ2n) is 5.20. The third-order valence-electron chi connectivity index (χ3n) is 3.45. The fraction of sp³-hybridized carbons (Fsp3) is 0.429. The molecule has 20 heavy (non-hydrogen) atoms. The Labute approximate surface area is 117 Å². The molecule has 0 saturated carbocycles. The second kappa shape index (κ2) is 5.50. The number of furan rings is 1. The van der Waals surface area contributed by atoms with E-state index >= 15 is 0 Å². The number of aryl methyl sites for hydroxylation is 1. The molecule has 0 bridgehead atoms. The van der Waals surface area contributed by atoms with E-state index < -0.39 is 0 Å². The maximum absolute atomic E-state index is 11.8. The Bertz CT molecular complexity index is 570. The summed E-state index contributed by atoms with van der Waals surface area (Å²) in [5, 5.41) is 7.14. The van der Waals surface area contributed by atoms with Gasteiger partial charge in [-0.05, 0) is 24.6 Å². The summed E-state index contributed by atoms with van der Waals surface area (Å²) < 4.78 is 7.15. The van der Waals surface area contributed by atoms with Gasteiger partial charge in [-0.2, -0.15) is 5.10 Å². The van der Waals surface area contributed by atoms with E-state index in [2.05, 4.69) is 15.3 Å². The van der Waals surface area contributed by atoms with Crippen molar-refractivity contribution in [3.63, 3.8) is 0 Å². The Morgan fingerprint density at radius 2 is 2.40 bits per heavy atom. The van der Waals surface area contributed by atoms with Crippen LogP contribution in [-0.2, 0) is 11.3 Å². The average molecular weight is 274 g/mol. The molecule has 0 aromatic carbocycles. The van der Waals surface area contributed by atoms with Crippen molar-refractivity contribution in [1.82, 2.24) is 20.0 Å². The molecule has 2 aromatic heterocycles. The van der Waals surface area contributed by atoms with Gasteiger partial charge in [0.2, 0.25) is 5.91 Å². The molecule has 3 rings (SSSR count). The van der Waals surface area contributed by atoms with E-state index in [-0.39, 0.29) is 5.91 Å². The number of amides is 1. The number of hydrogen-bond donors (Lipinski definition) is 1. The smallest absolute Gasteiger partial charge is 0.234 e. The normalized spacial score (nSPS) is 16.1. The molecular formula is C14H18N4O2. The van der Waals surface area contributed by atoms with E-state index in [1.54, 1.807) is 6.26 Å². The minimum atomic E-state index is 0.0245. The lowest BCUT2D eigenvalue weighted by atomic mass is 10.1. The summed E-state index contributed by atoms with van der Waals surface area (Å²) in [6, 6.07) is 4.05. The molecule has 0 unspecified atom stereocenters. The summed E-state index contributed by atoms with van der Waals surface area (Å²) in [7, 11) is 0. The quantitative estimate of drug-likeness (QED) is 0.882. The minimum absolute atomic E-state index is 0.0245. The molecule has 2 aromatic rings. The van der Waals surface area contributed by atoms with Crippen LogP contribution in [0.1, 0.15) is 17.4 Å². The summed E-state index contributed by atoms with van der Waals surface area (Å²) in [5.41, 5.74) is 1.17. The monoisotopic (exact) mass is 274 g/mol. The highest BCUT2D eigenvalue weighted by Crippen LogP contribution is 2.19. The minimum Gasteiger partial charge on any atom is -0.467 e. The van der Waals surface area contributed by atoms with Crippen LogP contribution in [0, 0.1) is 6.92 Å². The van der Waals surface area contributed by atoms with Gasteiger partial charge in [0.05, 0.1) is 31.6 Å². The van der Waals surface area contributed by atoms with Gasteiger partial charge in [-0.1, -0.05) is 0 Å². The van der Waals surface area contributed by atoms with Crippen molar-refractivity contribution in [3.05, 3.63) is 42.1 Å². The fourth-order valence-corrected chi connectivity index (χ4v) is 2.33. The maximum atomic E-state index is 11.8. The van der Waals surface area contributed by atoms with Gasteiger partial charge in [-0.3, -0.25) is 14.4 Å². The van der Waals surface area contributed by atoms with E-state index in [9.17, 15) is 4.79 Å². The average Bonchev–Trinajstić information content (AvgIpc) is 3.02. The van der Waals surface area contributed by atoms with Crippen LogP contribution in [0.4, 0.5) is 0 Å². The highest BCUT2D eigenvalue weighted by Gasteiger charge is 2.29. The molecular weight excluding hydrogens is 256 g/mol. The lowest BCUT2D eigenvalue weighted by Crippen LogP contribution is -2.51. The molecule has 1 N–H and O–H groups in total. The third kappa shape index (κ3) is 2.91. The third-order valence-corrected chi connectivity index (χ3v) is 3.45. The first-order valence-electron chi connectivity index (χ1n) is 6.73. The van der Waals surface area contributed by atoms with Gasteiger partial charge in [0.25, 0.3) is 0 Å². The number of rotatable bonds is 5. The largest absolute Gasteiger partial charge is 0.467 e. The van der Waals surface area contributed by atoms with Crippen LogP contribution in [0.15, 0.2) is 35.2 Å². The number of carbonyl (C=O) groups excluding carboxylic acids is 1. The van der Waals surface area contributed by atoms with Gasteiger partial charge in [0.15, 0.2) is 0 Å². The number of hydrogen-bond acceptors (Lipinski definition) is 4. The molecule has 1 saturated heterocycles. The van der Waals surface area contributed by atoms with Crippen LogP contribution in [0.5, 0.6) is 0 Å². The standard InChI is InChI=1S/C14H18N4O2/c1-11-5-16-18(7-11)12-8-17(9-12)10-14(19)15-6-13-3-2-4-20-13/h2-5,7,12H,6,8-10H2,1H3,(H,15,19). The Morgan fingerprint density at radius 3 is 3.05 bits per heavy atom. The predicted octanol–water partition coefficient (Wildman–Crippen LogP) is 0.958. The lowest BCUT2D eigenvalue weighted by molar-refractivity contribution is -0.124. The van der Waals surface area contributed by atoms with Crippen molar-refractivity contribution in [2.24, 2.45) is 0 Å². The number of aromatic nitrogens is 2. The predicted molar refractivity (Wildman–Crippen MR) is 73.0 cm³/mol. The van der Waals surface area contributed by atoms with Crippen LogP contribution < -0.4 is 5.32 Å². The zero-order valence-electron chi connectivity index (χ0n) is 11.5. The molecule has 1 aliphatic heterocycles. The number of likely N-dealkylation sites (tertiary alicyclic amines) is 1. The number of carbonyl (C=O) groups is 1. The van der Waals surface area contributed by atoms with Gasteiger partial charge in [0, 0.05) is 19.3 Å². The summed E-state index contributed by atoms with van der Waals surface area (Å²) in [6.45, 7) is 4.64. The second-order valence-corrected chi connectivity index (χ2v) is 5.20. The summed E-state index contributed by atoms with van der Waals surface area (Å²) >= 11 is 0. The molecule has 1 fully saturated rings. The van der Waals surface area contributed by atoms with Gasteiger partial charge in [-0.25, -0.2) is 0 Å². The number of nitrogens with zero attached hydrogens (tertiary/aromatic N) is 3. The van der Waals surface area contributed by atoms with Crippen molar-refractivity contribution in [2.45, 2.75) is 19.5 Å².